The van der Waals surface area contributed by atoms with Crippen LogP contribution >= 0.6 is 0 Å². The van der Waals surface area contributed by atoms with Gasteiger partial charge in [-0.05, 0) is 43.9 Å². The molecule has 0 spiro atoms. The third-order valence-electron chi connectivity index (χ3n) is 5.57. The summed E-state index contributed by atoms with van der Waals surface area (Å²) in [5.41, 5.74) is 3.63. The van der Waals surface area contributed by atoms with Gasteiger partial charge in [-0.1, -0.05) is 42.0 Å². The van der Waals surface area contributed by atoms with Crippen LogP contribution in [0, 0.1) is 13.8 Å². The van der Waals surface area contributed by atoms with Crippen molar-refractivity contribution < 1.29 is 19.4 Å². The summed E-state index contributed by atoms with van der Waals surface area (Å²) in [5.74, 6) is -0.136. The fourth-order valence-corrected chi connectivity index (χ4v) is 4.05. The van der Waals surface area contributed by atoms with Crippen LogP contribution in [0.1, 0.15) is 39.9 Å². The summed E-state index contributed by atoms with van der Waals surface area (Å²) in [6.07, 6.45) is -0.329. The Hall–Kier alpha value is -2.86. The average molecular weight is 380 g/mol. The Labute approximate surface area is 164 Å². The predicted molar refractivity (Wildman–Crippen MR) is 105 cm³/mol. The number of carbonyl (C=O) groups excluding carboxylic acids is 2. The first kappa shape index (κ1) is 18.5. The van der Waals surface area contributed by atoms with Crippen LogP contribution in [-0.4, -0.2) is 40.8 Å². The van der Waals surface area contributed by atoms with E-state index in [1.165, 1.54) is 4.90 Å². The lowest BCUT2D eigenvalue weighted by Crippen LogP contribution is -2.50. The Bertz CT molecular complexity index is 909. The lowest BCUT2D eigenvalue weighted by atomic mass is 10.0. The molecule has 0 saturated carbocycles. The number of ether oxygens (including phenoxy) is 1. The van der Waals surface area contributed by atoms with Crippen molar-refractivity contribution in [1.82, 2.24) is 4.90 Å². The molecule has 0 aromatic heterocycles. The molecule has 0 unspecified atom stereocenters. The van der Waals surface area contributed by atoms with Crippen molar-refractivity contribution >= 4 is 17.7 Å². The zero-order valence-electron chi connectivity index (χ0n) is 16.1. The largest absolute Gasteiger partial charge is 0.444 e. The normalized spacial score (nSPS) is 21.2. The first-order valence-corrected chi connectivity index (χ1v) is 9.57. The van der Waals surface area contributed by atoms with Gasteiger partial charge in [0.1, 0.15) is 6.61 Å². The van der Waals surface area contributed by atoms with Crippen molar-refractivity contribution in [1.29, 1.82) is 0 Å². The summed E-state index contributed by atoms with van der Waals surface area (Å²) in [6, 6.07) is 12.6. The number of aliphatic hydroxyl groups excluding tert-OH is 1. The van der Waals surface area contributed by atoms with E-state index in [1.807, 2.05) is 44.2 Å². The minimum absolute atomic E-state index is 0.103. The van der Waals surface area contributed by atoms with E-state index >= 15 is 0 Å². The number of aryl methyl sites for hydroxylation is 2. The highest BCUT2D eigenvalue weighted by Gasteiger charge is 2.45. The van der Waals surface area contributed by atoms with Gasteiger partial charge in [-0.15, -0.1) is 0 Å². The van der Waals surface area contributed by atoms with E-state index in [0.717, 1.165) is 23.1 Å². The Balaban J connectivity index is 1.67. The number of hydrogen-bond acceptors (Lipinski definition) is 4. The summed E-state index contributed by atoms with van der Waals surface area (Å²) in [4.78, 5) is 29.0. The molecule has 2 aliphatic heterocycles. The van der Waals surface area contributed by atoms with Crippen molar-refractivity contribution in [2.24, 2.45) is 0 Å². The molecule has 6 nitrogen and oxygen atoms in total. The molecule has 0 bridgehead atoms. The van der Waals surface area contributed by atoms with Crippen LogP contribution in [0.3, 0.4) is 0 Å². The zero-order chi connectivity index (χ0) is 19.8. The van der Waals surface area contributed by atoms with Gasteiger partial charge in [0, 0.05) is 6.54 Å². The molecule has 2 amide bonds. The molecule has 2 heterocycles. The predicted octanol–water partition coefficient (Wildman–Crippen LogP) is 3.38. The summed E-state index contributed by atoms with van der Waals surface area (Å²) < 4.78 is 5.51. The molecule has 1 N–H and O–H groups in total. The van der Waals surface area contributed by atoms with Gasteiger partial charge < -0.3 is 14.7 Å². The Morgan fingerprint density at radius 3 is 2.68 bits per heavy atom. The Morgan fingerprint density at radius 2 is 1.93 bits per heavy atom. The lowest BCUT2D eigenvalue weighted by Gasteiger charge is -2.31. The van der Waals surface area contributed by atoms with Crippen LogP contribution in [0.2, 0.25) is 0 Å². The number of aliphatic hydroxyl groups is 1. The van der Waals surface area contributed by atoms with E-state index < -0.39 is 18.4 Å². The van der Waals surface area contributed by atoms with Crippen molar-refractivity contribution in [3.8, 4) is 0 Å². The molecule has 28 heavy (non-hydrogen) atoms. The van der Waals surface area contributed by atoms with Gasteiger partial charge in [-0.2, -0.15) is 0 Å². The zero-order valence-corrected chi connectivity index (χ0v) is 16.1. The SMILES string of the molecule is Cc1ccc(COC(=O)N2c3cccc(C)c3C(=O)N3CCC[C@H]3[C@@H]2O)cc1. The Morgan fingerprint density at radius 1 is 1.18 bits per heavy atom. The maximum absolute atomic E-state index is 13.1. The molecule has 0 aliphatic carbocycles. The van der Waals surface area contributed by atoms with Crippen LogP contribution in [-0.2, 0) is 11.3 Å². The molecule has 146 valence electrons. The minimum Gasteiger partial charge on any atom is -0.444 e. The van der Waals surface area contributed by atoms with Gasteiger partial charge in [0.15, 0.2) is 6.23 Å². The van der Waals surface area contributed by atoms with Gasteiger partial charge in [0.2, 0.25) is 0 Å². The number of benzene rings is 2. The van der Waals surface area contributed by atoms with E-state index in [9.17, 15) is 14.7 Å². The van der Waals surface area contributed by atoms with Crippen molar-refractivity contribution in [2.45, 2.75) is 45.6 Å². The molecule has 4 rings (SSSR count). The van der Waals surface area contributed by atoms with Crippen LogP contribution in [0.15, 0.2) is 42.5 Å². The maximum Gasteiger partial charge on any atom is 0.416 e. The van der Waals surface area contributed by atoms with Crippen molar-refractivity contribution in [3.05, 3.63) is 64.7 Å². The van der Waals surface area contributed by atoms with Crippen LogP contribution in [0.5, 0.6) is 0 Å². The fourth-order valence-electron chi connectivity index (χ4n) is 4.05. The molecule has 2 aromatic rings. The third-order valence-corrected chi connectivity index (χ3v) is 5.57. The highest BCUT2D eigenvalue weighted by Crippen LogP contribution is 2.36. The van der Waals surface area contributed by atoms with Gasteiger partial charge in [0.25, 0.3) is 5.91 Å². The molecule has 6 heteroatoms. The van der Waals surface area contributed by atoms with Gasteiger partial charge in [0.05, 0.1) is 17.3 Å². The number of nitrogens with zero attached hydrogens (tertiary/aromatic N) is 2. The lowest BCUT2D eigenvalue weighted by molar-refractivity contribution is 0.0485. The highest BCUT2D eigenvalue weighted by atomic mass is 16.6. The second-order valence-electron chi connectivity index (χ2n) is 7.50. The van der Waals surface area contributed by atoms with Crippen LogP contribution in [0.4, 0.5) is 10.5 Å². The van der Waals surface area contributed by atoms with Crippen molar-refractivity contribution in [2.75, 3.05) is 11.4 Å². The average Bonchev–Trinajstić information content (AvgIpc) is 3.14. The van der Waals surface area contributed by atoms with E-state index in [4.69, 9.17) is 4.74 Å². The standard InChI is InChI=1S/C22H24N2O4/c1-14-8-10-16(11-9-14)13-28-22(27)24-17-6-3-5-15(2)19(17)21(26)23-12-4-7-18(23)20(24)25/h3,5-6,8-11,18,20,25H,4,7,12-13H2,1-2H3/t18-,20-/m0/s1. The van der Waals surface area contributed by atoms with Gasteiger partial charge >= 0.3 is 6.09 Å². The summed E-state index contributed by atoms with van der Waals surface area (Å²) >= 11 is 0. The van der Waals surface area contributed by atoms with E-state index in [0.29, 0.717) is 24.2 Å². The molecule has 2 aromatic carbocycles. The Kier molecular flexibility index (Phi) is 4.81. The molecule has 1 fully saturated rings. The summed E-state index contributed by atoms with van der Waals surface area (Å²) in [5, 5.41) is 11.0. The highest BCUT2D eigenvalue weighted by molar-refractivity contribution is 6.06. The maximum atomic E-state index is 13.1. The molecule has 2 atom stereocenters. The van der Waals surface area contributed by atoms with Crippen LogP contribution in [0.25, 0.3) is 0 Å². The molecule has 0 radical (unpaired) electrons. The van der Waals surface area contributed by atoms with Gasteiger partial charge in [-0.3, -0.25) is 4.79 Å². The second kappa shape index (κ2) is 7.28. The van der Waals surface area contributed by atoms with E-state index in [-0.39, 0.29) is 12.5 Å². The molecule has 1 saturated heterocycles. The van der Waals surface area contributed by atoms with E-state index in [1.54, 1.807) is 17.0 Å². The number of hydrogen-bond donors (Lipinski definition) is 1. The monoisotopic (exact) mass is 380 g/mol. The first-order valence-electron chi connectivity index (χ1n) is 9.57. The molecule has 2 aliphatic rings. The smallest absolute Gasteiger partial charge is 0.416 e. The number of anilines is 1. The molecular weight excluding hydrogens is 356 g/mol. The second-order valence-corrected chi connectivity index (χ2v) is 7.50. The van der Waals surface area contributed by atoms with Gasteiger partial charge in [-0.25, -0.2) is 9.69 Å². The summed E-state index contributed by atoms with van der Waals surface area (Å²) in [6.45, 7) is 4.52. The number of amides is 2. The minimum atomic E-state index is -1.14. The molecular formula is C22H24N2O4. The van der Waals surface area contributed by atoms with Crippen LogP contribution < -0.4 is 4.90 Å². The summed E-state index contributed by atoms with van der Waals surface area (Å²) in [7, 11) is 0. The number of carbonyl (C=O) groups is 2. The fraction of sp³-hybridized carbons (Fsp3) is 0.364. The van der Waals surface area contributed by atoms with Crippen molar-refractivity contribution in [3.63, 3.8) is 0 Å². The van der Waals surface area contributed by atoms with E-state index in [2.05, 4.69) is 0 Å². The first-order chi connectivity index (χ1) is 13.5. The number of fused-ring (bicyclic) bond motifs is 2. The quantitative estimate of drug-likeness (QED) is 0.867. The number of rotatable bonds is 2. The topological polar surface area (TPSA) is 70.1 Å². The third kappa shape index (κ3) is 3.14.